The molecule has 3 rings (SSSR count). The smallest absolute Gasteiger partial charge is 0.337 e. The van der Waals surface area contributed by atoms with E-state index in [1.165, 1.54) is 15.5 Å². The number of rotatable bonds is 8. The van der Waals surface area contributed by atoms with E-state index in [2.05, 4.69) is 17.2 Å². The van der Waals surface area contributed by atoms with E-state index in [0.29, 0.717) is 16.3 Å². The standard InChI is InChI=1S/C22H25N3O4S/c1-4-5-6-14-7-9-15(10-8-14)23-17(26)11-25-19(13(2)3)24-20-18(21(25)27)16(12-30-20)22(28)29/h7-10,12-13H,4-6,11H2,1-3H3,(H,23,26)(H,28,29). The van der Waals surface area contributed by atoms with Crippen LogP contribution in [0.5, 0.6) is 0 Å². The highest BCUT2D eigenvalue weighted by molar-refractivity contribution is 7.17. The van der Waals surface area contributed by atoms with Gasteiger partial charge in [-0.05, 0) is 30.5 Å². The molecule has 2 N–H and O–H groups in total. The van der Waals surface area contributed by atoms with Gasteiger partial charge in [-0.3, -0.25) is 14.2 Å². The van der Waals surface area contributed by atoms with Crippen molar-refractivity contribution in [1.29, 1.82) is 0 Å². The maximum atomic E-state index is 13.1. The van der Waals surface area contributed by atoms with Crippen LogP contribution in [-0.2, 0) is 17.8 Å². The fourth-order valence-corrected chi connectivity index (χ4v) is 4.18. The summed E-state index contributed by atoms with van der Waals surface area (Å²) < 4.78 is 1.27. The number of hydrogen-bond donors (Lipinski definition) is 2. The van der Waals surface area contributed by atoms with Gasteiger partial charge >= 0.3 is 5.97 Å². The number of carbonyl (C=O) groups is 2. The fourth-order valence-electron chi connectivity index (χ4n) is 3.27. The summed E-state index contributed by atoms with van der Waals surface area (Å²) in [5.74, 6) is -1.20. The minimum Gasteiger partial charge on any atom is -0.478 e. The van der Waals surface area contributed by atoms with E-state index in [-0.39, 0.29) is 29.3 Å². The molecule has 7 nitrogen and oxygen atoms in total. The van der Waals surface area contributed by atoms with Crippen molar-refractivity contribution in [3.8, 4) is 0 Å². The summed E-state index contributed by atoms with van der Waals surface area (Å²) in [5, 5.41) is 13.6. The molecule has 1 aromatic carbocycles. The predicted molar refractivity (Wildman–Crippen MR) is 119 cm³/mol. The zero-order valence-electron chi connectivity index (χ0n) is 17.3. The van der Waals surface area contributed by atoms with E-state index in [1.54, 1.807) is 0 Å². The lowest BCUT2D eigenvalue weighted by Crippen LogP contribution is -2.32. The van der Waals surface area contributed by atoms with Crippen molar-refractivity contribution in [2.75, 3.05) is 5.32 Å². The summed E-state index contributed by atoms with van der Waals surface area (Å²) in [4.78, 5) is 42.0. The Morgan fingerprint density at radius 1 is 1.23 bits per heavy atom. The van der Waals surface area contributed by atoms with Gasteiger partial charge in [0.25, 0.3) is 5.56 Å². The van der Waals surface area contributed by atoms with Gasteiger partial charge in [0.1, 0.15) is 17.2 Å². The van der Waals surface area contributed by atoms with Crippen molar-refractivity contribution in [3.05, 3.63) is 57.0 Å². The minimum atomic E-state index is -1.18. The largest absolute Gasteiger partial charge is 0.478 e. The average Bonchev–Trinajstić information content (AvgIpc) is 3.14. The number of nitrogens with zero attached hydrogens (tertiary/aromatic N) is 2. The molecule has 0 spiro atoms. The summed E-state index contributed by atoms with van der Waals surface area (Å²) in [7, 11) is 0. The summed E-state index contributed by atoms with van der Waals surface area (Å²) in [6.45, 7) is 5.66. The van der Waals surface area contributed by atoms with Crippen LogP contribution in [-0.4, -0.2) is 26.5 Å². The molecule has 1 amide bonds. The summed E-state index contributed by atoms with van der Waals surface area (Å²) >= 11 is 1.12. The van der Waals surface area contributed by atoms with E-state index < -0.39 is 11.5 Å². The molecule has 2 heterocycles. The minimum absolute atomic E-state index is 0.0463. The molecule has 2 aromatic heterocycles. The number of carbonyl (C=O) groups excluding carboxylic acids is 1. The average molecular weight is 428 g/mol. The predicted octanol–water partition coefficient (Wildman–Crippen LogP) is 4.26. The molecule has 0 bridgehead atoms. The van der Waals surface area contributed by atoms with E-state index in [0.717, 1.165) is 30.6 Å². The van der Waals surface area contributed by atoms with E-state index >= 15 is 0 Å². The van der Waals surface area contributed by atoms with Crippen LogP contribution in [0.1, 0.15) is 61.3 Å². The first-order valence-electron chi connectivity index (χ1n) is 9.95. The Morgan fingerprint density at radius 3 is 2.53 bits per heavy atom. The molecule has 8 heteroatoms. The third kappa shape index (κ3) is 4.59. The SMILES string of the molecule is CCCCc1ccc(NC(=O)Cn2c(C(C)C)nc3scc(C(=O)O)c3c2=O)cc1. The molecule has 30 heavy (non-hydrogen) atoms. The van der Waals surface area contributed by atoms with Gasteiger partial charge in [0.15, 0.2) is 0 Å². The second kappa shape index (κ2) is 9.21. The maximum absolute atomic E-state index is 13.1. The molecule has 0 fully saturated rings. The third-order valence-electron chi connectivity index (χ3n) is 4.83. The zero-order valence-corrected chi connectivity index (χ0v) is 18.1. The molecule has 0 saturated carbocycles. The first kappa shape index (κ1) is 21.7. The Bertz CT molecular complexity index is 1130. The van der Waals surface area contributed by atoms with Gasteiger partial charge < -0.3 is 10.4 Å². The lowest BCUT2D eigenvalue weighted by atomic mass is 10.1. The second-order valence-electron chi connectivity index (χ2n) is 7.50. The number of benzene rings is 1. The van der Waals surface area contributed by atoms with Gasteiger partial charge in [0, 0.05) is 17.0 Å². The Hall–Kier alpha value is -3.00. The van der Waals surface area contributed by atoms with Crippen molar-refractivity contribution < 1.29 is 14.7 Å². The number of fused-ring (bicyclic) bond motifs is 1. The van der Waals surface area contributed by atoms with Crippen molar-refractivity contribution in [2.24, 2.45) is 0 Å². The molecule has 0 aliphatic rings. The molecule has 0 saturated heterocycles. The monoisotopic (exact) mass is 427 g/mol. The Labute approximate surface area is 178 Å². The maximum Gasteiger partial charge on any atom is 0.337 e. The molecule has 158 valence electrons. The molecule has 0 unspecified atom stereocenters. The summed E-state index contributed by atoms with van der Waals surface area (Å²) in [5.41, 5.74) is 1.27. The number of thiophene rings is 1. The number of amides is 1. The van der Waals surface area contributed by atoms with Crippen LogP contribution in [0.15, 0.2) is 34.4 Å². The lowest BCUT2D eigenvalue weighted by molar-refractivity contribution is -0.116. The van der Waals surface area contributed by atoms with Gasteiger partial charge in [-0.1, -0.05) is 39.3 Å². The van der Waals surface area contributed by atoms with E-state index in [1.807, 2.05) is 38.1 Å². The Kier molecular flexibility index (Phi) is 6.66. The first-order valence-corrected chi connectivity index (χ1v) is 10.8. The number of unbranched alkanes of at least 4 members (excludes halogenated alkanes) is 1. The van der Waals surface area contributed by atoms with Gasteiger partial charge in [0.05, 0.1) is 10.9 Å². The van der Waals surface area contributed by atoms with E-state index in [4.69, 9.17) is 0 Å². The number of hydrogen-bond acceptors (Lipinski definition) is 5. The number of carboxylic acid groups (broad SMARTS) is 1. The summed E-state index contributed by atoms with van der Waals surface area (Å²) in [6.07, 6.45) is 3.23. The molecular formula is C22H25N3O4S. The third-order valence-corrected chi connectivity index (χ3v) is 5.70. The summed E-state index contributed by atoms with van der Waals surface area (Å²) in [6, 6.07) is 7.65. The number of aryl methyl sites for hydroxylation is 1. The van der Waals surface area contributed by atoms with Crippen molar-refractivity contribution in [1.82, 2.24) is 9.55 Å². The van der Waals surface area contributed by atoms with Crippen LogP contribution < -0.4 is 10.9 Å². The van der Waals surface area contributed by atoms with Crippen LogP contribution in [0.3, 0.4) is 0 Å². The van der Waals surface area contributed by atoms with Crippen molar-refractivity contribution in [3.63, 3.8) is 0 Å². The zero-order chi connectivity index (χ0) is 21.8. The molecule has 0 aliphatic heterocycles. The Balaban J connectivity index is 1.88. The van der Waals surface area contributed by atoms with Crippen LogP contribution in [0.25, 0.3) is 10.2 Å². The number of aromatic nitrogens is 2. The second-order valence-corrected chi connectivity index (χ2v) is 8.36. The van der Waals surface area contributed by atoms with Crippen molar-refractivity contribution in [2.45, 2.75) is 52.5 Å². The highest BCUT2D eigenvalue weighted by Crippen LogP contribution is 2.24. The number of carboxylic acids is 1. The number of aromatic carboxylic acids is 1. The highest BCUT2D eigenvalue weighted by atomic mass is 32.1. The van der Waals surface area contributed by atoms with Crippen LogP contribution in [0.2, 0.25) is 0 Å². The van der Waals surface area contributed by atoms with Gasteiger partial charge in [-0.2, -0.15) is 0 Å². The van der Waals surface area contributed by atoms with Gasteiger partial charge in [0.2, 0.25) is 5.91 Å². The van der Waals surface area contributed by atoms with Crippen molar-refractivity contribution >= 4 is 39.1 Å². The van der Waals surface area contributed by atoms with Crippen LogP contribution in [0.4, 0.5) is 5.69 Å². The van der Waals surface area contributed by atoms with E-state index in [9.17, 15) is 19.5 Å². The number of nitrogens with one attached hydrogen (secondary N) is 1. The molecule has 0 atom stereocenters. The molecular weight excluding hydrogens is 402 g/mol. The topological polar surface area (TPSA) is 101 Å². The Morgan fingerprint density at radius 2 is 1.93 bits per heavy atom. The van der Waals surface area contributed by atoms with Gasteiger partial charge in [-0.25, -0.2) is 9.78 Å². The lowest BCUT2D eigenvalue weighted by Gasteiger charge is -2.15. The molecule has 0 aliphatic carbocycles. The van der Waals surface area contributed by atoms with Gasteiger partial charge in [-0.15, -0.1) is 11.3 Å². The quantitative estimate of drug-likeness (QED) is 0.559. The normalized spacial score (nSPS) is 11.2. The fraction of sp³-hybridized carbons (Fsp3) is 0.364. The first-order chi connectivity index (χ1) is 14.3. The molecule has 3 aromatic rings. The van der Waals surface area contributed by atoms with Crippen LogP contribution in [0, 0.1) is 0 Å². The molecule has 0 radical (unpaired) electrons. The highest BCUT2D eigenvalue weighted by Gasteiger charge is 2.22. The number of anilines is 1. The van der Waals surface area contributed by atoms with Crippen LogP contribution >= 0.6 is 11.3 Å².